The van der Waals surface area contributed by atoms with Crippen LogP contribution in [-0.4, -0.2) is 0 Å². The Morgan fingerprint density at radius 2 is 0.974 bits per heavy atom. The van der Waals surface area contributed by atoms with Crippen molar-refractivity contribution >= 4 is 10.8 Å². The molecule has 1 aliphatic rings. The van der Waals surface area contributed by atoms with Crippen molar-refractivity contribution < 1.29 is 4.74 Å². The van der Waals surface area contributed by atoms with Crippen LogP contribution < -0.4 is 4.74 Å². The fourth-order valence-corrected chi connectivity index (χ4v) is 5.83. The summed E-state index contributed by atoms with van der Waals surface area (Å²) in [5.41, 5.74) is 10.2. The molecule has 0 heterocycles. The van der Waals surface area contributed by atoms with Gasteiger partial charge in [0.15, 0.2) is 0 Å². The lowest BCUT2D eigenvalue weighted by molar-refractivity contribution is 0.483. The number of ether oxygens (including phenoxy) is 1. The smallest absolute Gasteiger partial charge is 0.128 e. The van der Waals surface area contributed by atoms with E-state index < -0.39 is 0 Å². The largest absolute Gasteiger partial charge is 0.457 e. The van der Waals surface area contributed by atoms with Gasteiger partial charge in [-0.2, -0.15) is 0 Å². The molecule has 0 aromatic heterocycles. The van der Waals surface area contributed by atoms with Gasteiger partial charge in [0.2, 0.25) is 0 Å². The van der Waals surface area contributed by atoms with Crippen LogP contribution in [0.3, 0.4) is 0 Å². The quantitative estimate of drug-likeness (QED) is 0.240. The summed E-state index contributed by atoms with van der Waals surface area (Å²) in [5, 5.41) is 2.55. The van der Waals surface area contributed by atoms with Gasteiger partial charge in [-0.25, -0.2) is 0 Å². The Bertz CT molecular complexity index is 1810. The highest BCUT2D eigenvalue weighted by atomic mass is 16.5. The molecule has 0 saturated carbocycles. The lowest BCUT2D eigenvalue weighted by Crippen LogP contribution is -2.15. The molecule has 0 spiro atoms. The molecule has 0 bridgehead atoms. The maximum atomic E-state index is 6.11. The van der Waals surface area contributed by atoms with Gasteiger partial charge in [-0.05, 0) is 97.7 Å². The molecular formula is C37H28O. The van der Waals surface area contributed by atoms with E-state index in [-0.39, 0.29) is 5.41 Å². The Morgan fingerprint density at radius 3 is 1.68 bits per heavy atom. The second-order valence-electron chi connectivity index (χ2n) is 10.7. The van der Waals surface area contributed by atoms with E-state index in [0.717, 1.165) is 17.1 Å². The van der Waals surface area contributed by atoms with E-state index in [2.05, 4.69) is 111 Å². The van der Waals surface area contributed by atoms with Crippen LogP contribution in [0.5, 0.6) is 11.5 Å². The van der Waals surface area contributed by atoms with Gasteiger partial charge in [-0.15, -0.1) is 0 Å². The monoisotopic (exact) mass is 488 g/mol. The molecule has 182 valence electrons. The molecule has 0 unspecified atom stereocenters. The van der Waals surface area contributed by atoms with Crippen LogP contribution in [0.2, 0.25) is 0 Å². The maximum absolute atomic E-state index is 6.11. The lowest BCUT2D eigenvalue weighted by Gasteiger charge is -2.22. The summed E-state index contributed by atoms with van der Waals surface area (Å²) in [6, 6.07) is 47.5. The third-order valence-electron chi connectivity index (χ3n) is 7.91. The van der Waals surface area contributed by atoms with Crippen LogP contribution in [0.4, 0.5) is 0 Å². The molecule has 1 heteroatoms. The van der Waals surface area contributed by atoms with Gasteiger partial charge in [0.25, 0.3) is 0 Å². The highest BCUT2D eigenvalue weighted by Gasteiger charge is 2.35. The molecule has 1 aliphatic carbocycles. The molecule has 0 aliphatic heterocycles. The number of fused-ring (bicyclic) bond motifs is 4. The molecule has 6 aromatic rings. The zero-order chi connectivity index (χ0) is 25.7. The van der Waals surface area contributed by atoms with E-state index in [4.69, 9.17) is 4.74 Å². The first-order valence-corrected chi connectivity index (χ1v) is 13.2. The standard InChI is InChI=1S/C37H28O/c1-37(2)35-23-29(27-11-8-14-32(22-27)38-31-12-4-3-5-13-31)17-19-33(35)34-20-18-30(24-36(34)37)28-16-15-25-9-6-7-10-26(25)21-28/h3-24H,1-2H3. The average Bonchev–Trinajstić information content (AvgIpc) is 3.19. The third-order valence-corrected chi connectivity index (χ3v) is 7.91. The van der Waals surface area contributed by atoms with E-state index in [1.54, 1.807) is 0 Å². The summed E-state index contributed by atoms with van der Waals surface area (Å²) in [6.07, 6.45) is 0. The fourth-order valence-electron chi connectivity index (χ4n) is 5.83. The zero-order valence-corrected chi connectivity index (χ0v) is 21.6. The number of para-hydroxylation sites is 1. The predicted octanol–water partition coefficient (Wildman–Crippen LogP) is 10.3. The summed E-state index contributed by atoms with van der Waals surface area (Å²) in [5.74, 6) is 1.69. The Kier molecular flexibility index (Phi) is 5.19. The number of hydrogen-bond acceptors (Lipinski definition) is 1. The van der Waals surface area contributed by atoms with Crippen LogP contribution in [0.15, 0.2) is 133 Å². The highest BCUT2D eigenvalue weighted by Crippen LogP contribution is 2.50. The molecule has 6 aromatic carbocycles. The summed E-state index contributed by atoms with van der Waals surface area (Å²) < 4.78 is 6.11. The molecule has 1 nitrogen and oxygen atoms in total. The number of rotatable bonds is 4. The minimum atomic E-state index is -0.0916. The minimum Gasteiger partial charge on any atom is -0.457 e. The van der Waals surface area contributed by atoms with Crippen molar-refractivity contribution in [3.05, 3.63) is 145 Å². The van der Waals surface area contributed by atoms with Crippen molar-refractivity contribution in [1.29, 1.82) is 0 Å². The SMILES string of the molecule is CC1(C)c2cc(-c3cccc(Oc4ccccc4)c3)ccc2-c2ccc(-c3ccc4ccccc4c3)cc21. The van der Waals surface area contributed by atoms with Gasteiger partial charge >= 0.3 is 0 Å². The molecule has 0 saturated heterocycles. The molecule has 0 atom stereocenters. The first-order chi connectivity index (χ1) is 18.6. The van der Waals surface area contributed by atoms with Crippen molar-refractivity contribution in [2.45, 2.75) is 19.3 Å². The van der Waals surface area contributed by atoms with Gasteiger partial charge in [-0.1, -0.05) is 105 Å². The van der Waals surface area contributed by atoms with Crippen LogP contribution in [-0.2, 0) is 5.41 Å². The molecular weight excluding hydrogens is 460 g/mol. The van der Waals surface area contributed by atoms with Crippen molar-refractivity contribution in [1.82, 2.24) is 0 Å². The molecule has 0 radical (unpaired) electrons. The molecule has 0 fully saturated rings. The van der Waals surface area contributed by atoms with Crippen molar-refractivity contribution in [2.24, 2.45) is 0 Å². The average molecular weight is 489 g/mol. The van der Waals surface area contributed by atoms with Crippen LogP contribution >= 0.6 is 0 Å². The minimum absolute atomic E-state index is 0.0916. The Balaban J connectivity index is 1.25. The van der Waals surface area contributed by atoms with Gasteiger partial charge in [0, 0.05) is 5.41 Å². The van der Waals surface area contributed by atoms with Crippen molar-refractivity contribution in [2.75, 3.05) is 0 Å². The van der Waals surface area contributed by atoms with Crippen molar-refractivity contribution in [3.63, 3.8) is 0 Å². The van der Waals surface area contributed by atoms with E-state index in [1.807, 2.05) is 36.4 Å². The summed E-state index contributed by atoms with van der Waals surface area (Å²) in [6.45, 7) is 4.70. The molecule has 7 rings (SSSR count). The number of hydrogen-bond donors (Lipinski definition) is 0. The molecule has 38 heavy (non-hydrogen) atoms. The Morgan fingerprint density at radius 1 is 0.421 bits per heavy atom. The lowest BCUT2D eigenvalue weighted by atomic mass is 9.81. The van der Waals surface area contributed by atoms with Crippen molar-refractivity contribution in [3.8, 4) is 44.9 Å². The van der Waals surface area contributed by atoms with Gasteiger partial charge < -0.3 is 4.74 Å². The second-order valence-corrected chi connectivity index (χ2v) is 10.7. The first kappa shape index (κ1) is 22.6. The van der Waals surface area contributed by atoms with E-state index >= 15 is 0 Å². The number of benzene rings is 6. The normalized spacial score (nSPS) is 13.2. The molecule has 0 amide bonds. The zero-order valence-electron chi connectivity index (χ0n) is 21.6. The summed E-state index contributed by atoms with van der Waals surface area (Å²) >= 11 is 0. The van der Waals surface area contributed by atoms with Gasteiger partial charge in [0.05, 0.1) is 0 Å². The third kappa shape index (κ3) is 3.79. The maximum Gasteiger partial charge on any atom is 0.128 e. The highest BCUT2D eigenvalue weighted by molar-refractivity contribution is 5.89. The van der Waals surface area contributed by atoms with Crippen LogP contribution in [0.25, 0.3) is 44.2 Å². The van der Waals surface area contributed by atoms with E-state index in [1.165, 1.54) is 49.7 Å². The Labute approximate surface area is 224 Å². The van der Waals surface area contributed by atoms with Gasteiger partial charge in [0.1, 0.15) is 11.5 Å². The second kappa shape index (κ2) is 8.75. The van der Waals surface area contributed by atoms with E-state index in [9.17, 15) is 0 Å². The fraction of sp³-hybridized carbons (Fsp3) is 0.0811. The topological polar surface area (TPSA) is 9.23 Å². The summed E-state index contributed by atoms with van der Waals surface area (Å²) in [7, 11) is 0. The summed E-state index contributed by atoms with van der Waals surface area (Å²) in [4.78, 5) is 0. The predicted molar refractivity (Wildman–Crippen MR) is 159 cm³/mol. The first-order valence-electron chi connectivity index (χ1n) is 13.2. The molecule has 0 N–H and O–H groups in total. The van der Waals surface area contributed by atoms with Crippen LogP contribution in [0, 0.1) is 0 Å². The van der Waals surface area contributed by atoms with Gasteiger partial charge in [-0.3, -0.25) is 0 Å². The Hall–Kier alpha value is -4.62. The van der Waals surface area contributed by atoms with Crippen LogP contribution in [0.1, 0.15) is 25.0 Å². The van der Waals surface area contributed by atoms with E-state index in [0.29, 0.717) is 0 Å².